The molecule has 0 bridgehead atoms. The van der Waals surface area contributed by atoms with Gasteiger partial charge >= 0.3 is 0 Å². The predicted molar refractivity (Wildman–Crippen MR) is 83.8 cm³/mol. The third kappa shape index (κ3) is 3.04. The number of aryl methyl sites for hydroxylation is 2. The van der Waals surface area contributed by atoms with Gasteiger partial charge in [-0.05, 0) is 44.0 Å². The van der Waals surface area contributed by atoms with Crippen LogP contribution < -0.4 is 0 Å². The van der Waals surface area contributed by atoms with Gasteiger partial charge < -0.3 is 10.0 Å². The van der Waals surface area contributed by atoms with Gasteiger partial charge in [0.05, 0.1) is 18.3 Å². The fourth-order valence-electron chi connectivity index (χ4n) is 2.92. The molecule has 1 N–H and O–H groups in total. The molecular weight excluding hydrogens is 278 g/mol. The molecule has 1 fully saturated rings. The number of carbonyl (C=O) groups is 1. The number of carbonyl (C=O) groups excluding carboxylic acids is 1. The highest BCUT2D eigenvalue weighted by Gasteiger charge is 2.25. The highest BCUT2D eigenvalue weighted by Crippen LogP contribution is 2.15. The normalized spacial score (nSPS) is 18.0. The molecule has 0 radical (unpaired) electrons. The van der Waals surface area contributed by atoms with Crippen molar-refractivity contribution in [1.29, 1.82) is 0 Å². The van der Waals surface area contributed by atoms with E-state index in [2.05, 4.69) is 5.10 Å². The van der Waals surface area contributed by atoms with Crippen molar-refractivity contribution in [2.24, 2.45) is 0 Å². The van der Waals surface area contributed by atoms with Crippen LogP contribution >= 0.6 is 0 Å². The van der Waals surface area contributed by atoms with Crippen molar-refractivity contribution >= 4 is 5.91 Å². The van der Waals surface area contributed by atoms with Crippen LogP contribution in [0.4, 0.5) is 0 Å². The number of hydrogen-bond acceptors (Lipinski definition) is 3. The maximum Gasteiger partial charge on any atom is 0.253 e. The summed E-state index contributed by atoms with van der Waals surface area (Å²) in [4.78, 5) is 14.2. The zero-order valence-corrected chi connectivity index (χ0v) is 13.0. The highest BCUT2D eigenvalue weighted by atomic mass is 16.3. The SMILES string of the molecule is Cc1cc(C)n(Cc2cccc(C(=O)N3CC[C@@H](O)C3)c2)n1. The number of likely N-dealkylation sites (tertiary alicyclic amines) is 1. The lowest BCUT2D eigenvalue weighted by Gasteiger charge is -2.16. The van der Waals surface area contributed by atoms with Crippen molar-refractivity contribution in [3.8, 4) is 0 Å². The molecule has 5 nitrogen and oxygen atoms in total. The smallest absolute Gasteiger partial charge is 0.253 e. The van der Waals surface area contributed by atoms with Gasteiger partial charge in [-0.1, -0.05) is 12.1 Å². The lowest BCUT2D eigenvalue weighted by atomic mass is 10.1. The van der Waals surface area contributed by atoms with Gasteiger partial charge in [0.1, 0.15) is 0 Å². The van der Waals surface area contributed by atoms with E-state index in [4.69, 9.17) is 0 Å². The molecule has 5 heteroatoms. The van der Waals surface area contributed by atoms with E-state index in [0.29, 0.717) is 31.6 Å². The number of benzene rings is 1. The van der Waals surface area contributed by atoms with E-state index in [9.17, 15) is 9.90 Å². The third-order valence-electron chi connectivity index (χ3n) is 4.06. The van der Waals surface area contributed by atoms with E-state index in [1.165, 1.54) is 0 Å². The van der Waals surface area contributed by atoms with Crippen LogP contribution in [0.3, 0.4) is 0 Å². The van der Waals surface area contributed by atoms with Crippen LogP contribution in [0.5, 0.6) is 0 Å². The molecule has 2 heterocycles. The largest absolute Gasteiger partial charge is 0.391 e. The zero-order chi connectivity index (χ0) is 15.7. The quantitative estimate of drug-likeness (QED) is 0.939. The van der Waals surface area contributed by atoms with E-state index in [-0.39, 0.29) is 12.0 Å². The van der Waals surface area contributed by atoms with Gasteiger partial charge in [-0.15, -0.1) is 0 Å². The predicted octanol–water partition coefficient (Wildman–Crippen LogP) is 1.76. The molecule has 1 aromatic carbocycles. The van der Waals surface area contributed by atoms with E-state index in [1.54, 1.807) is 4.90 Å². The zero-order valence-electron chi connectivity index (χ0n) is 13.0. The molecule has 0 aliphatic carbocycles. The Morgan fingerprint density at radius 2 is 2.18 bits per heavy atom. The molecular formula is C17H21N3O2. The summed E-state index contributed by atoms with van der Waals surface area (Å²) in [6, 6.07) is 9.70. The maximum absolute atomic E-state index is 12.5. The van der Waals surface area contributed by atoms with Crippen molar-refractivity contribution in [3.63, 3.8) is 0 Å². The van der Waals surface area contributed by atoms with Gasteiger partial charge in [0.15, 0.2) is 0 Å². The van der Waals surface area contributed by atoms with Crippen molar-refractivity contribution in [2.45, 2.75) is 32.9 Å². The molecule has 0 spiro atoms. The number of aromatic nitrogens is 2. The van der Waals surface area contributed by atoms with Gasteiger partial charge in [0, 0.05) is 24.3 Å². The van der Waals surface area contributed by atoms with Crippen LogP contribution in [0.15, 0.2) is 30.3 Å². The summed E-state index contributed by atoms with van der Waals surface area (Å²) in [5.41, 5.74) is 3.83. The number of aliphatic hydroxyl groups is 1. The number of aliphatic hydroxyl groups excluding tert-OH is 1. The topological polar surface area (TPSA) is 58.4 Å². The van der Waals surface area contributed by atoms with Crippen molar-refractivity contribution in [1.82, 2.24) is 14.7 Å². The van der Waals surface area contributed by atoms with E-state index in [1.807, 2.05) is 48.9 Å². The molecule has 0 saturated carbocycles. The second kappa shape index (κ2) is 5.93. The molecule has 1 aliphatic rings. The first-order valence-corrected chi connectivity index (χ1v) is 7.60. The van der Waals surface area contributed by atoms with Gasteiger partial charge in [0.2, 0.25) is 0 Å². The van der Waals surface area contributed by atoms with Crippen LogP contribution in [-0.2, 0) is 6.54 Å². The number of rotatable bonds is 3. The Labute approximate surface area is 130 Å². The van der Waals surface area contributed by atoms with Crippen molar-refractivity contribution in [2.75, 3.05) is 13.1 Å². The summed E-state index contributed by atoms with van der Waals surface area (Å²) >= 11 is 0. The first kappa shape index (κ1) is 14.8. The average molecular weight is 299 g/mol. The highest BCUT2D eigenvalue weighted by molar-refractivity contribution is 5.94. The molecule has 1 aromatic heterocycles. The van der Waals surface area contributed by atoms with E-state index >= 15 is 0 Å². The fourth-order valence-corrected chi connectivity index (χ4v) is 2.92. The van der Waals surface area contributed by atoms with E-state index in [0.717, 1.165) is 17.0 Å². The number of hydrogen-bond donors (Lipinski definition) is 1. The van der Waals surface area contributed by atoms with Crippen LogP contribution in [0.1, 0.15) is 33.7 Å². The Kier molecular flexibility index (Phi) is 3.98. The molecule has 22 heavy (non-hydrogen) atoms. The minimum atomic E-state index is -0.387. The minimum Gasteiger partial charge on any atom is -0.391 e. The molecule has 2 aromatic rings. The summed E-state index contributed by atoms with van der Waals surface area (Å²) in [6.07, 6.45) is 0.277. The fraction of sp³-hybridized carbons (Fsp3) is 0.412. The molecule has 1 atom stereocenters. The number of amides is 1. The summed E-state index contributed by atoms with van der Waals surface area (Å²) in [5, 5.41) is 14.0. The molecule has 0 unspecified atom stereocenters. The molecule has 1 aliphatic heterocycles. The number of β-amino-alcohol motifs (C(OH)–C–C–N with tert-alkyl or cyclic N) is 1. The Balaban J connectivity index is 1.77. The van der Waals surface area contributed by atoms with Crippen LogP contribution in [0.2, 0.25) is 0 Å². The monoisotopic (exact) mass is 299 g/mol. The summed E-state index contributed by atoms with van der Waals surface area (Å²) in [6.45, 7) is 5.72. The minimum absolute atomic E-state index is 0.00762. The lowest BCUT2D eigenvalue weighted by Crippen LogP contribution is -2.29. The van der Waals surface area contributed by atoms with Gasteiger partial charge in [-0.2, -0.15) is 5.10 Å². The second-order valence-electron chi connectivity index (χ2n) is 5.98. The van der Waals surface area contributed by atoms with Gasteiger partial charge in [-0.25, -0.2) is 0 Å². The average Bonchev–Trinajstić information content (AvgIpc) is 3.05. The maximum atomic E-state index is 12.5. The molecule has 1 amide bonds. The molecule has 3 rings (SSSR count). The number of nitrogens with zero attached hydrogens (tertiary/aromatic N) is 3. The lowest BCUT2D eigenvalue weighted by molar-refractivity contribution is 0.0765. The Hall–Kier alpha value is -2.14. The van der Waals surface area contributed by atoms with Crippen LogP contribution in [0, 0.1) is 13.8 Å². The van der Waals surface area contributed by atoms with Gasteiger partial charge in [-0.3, -0.25) is 9.48 Å². The second-order valence-corrected chi connectivity index (χ2v) is 5.98. The summed E-state index contributed by atoms with van der Waals surface area (Å²) < 4.78 is 1.94. The third-order valence-corrected chi connectivity index (χ3v) is 4.06. The summed E-state index contributed by atoms with van der Waals surface area (Å²) in [5.74, 6) is -0.00762. The van der Waals surface area contributed by atoms with Crippen molar-refractivity contribution in [3.05, 3.63) is 52.8 Å². The van der Waals surface area contributed by atoms with Crippen LogP contribution in [0.25, 0.3) is 0 Å². The van der Waals surface area contributed by atoms with Gasteiger partial charge in [0.25, 0.3) is 5.91 Å². The van der Waals surface area contributed by atoms with E-state index < -0.39 is 0 Å². The van der Waals surface area contributed by atoms with Crippen LogP contribution in [-0.4, -0.2) is 44.9 Å². The molecule has 1 saturated heterocycles. The first-order chi connectivity index (χ1) is 10.5. The summed E-state index contributed by atoms with van der Waals surface area (Å²) in [7, 11) is 0. The standard InChI is InChI=1S/C17H21N3O2/c1-12-8-13(2)20(18-12)10-14-4-3-5-15(9-14)17(22)19-7-6-16(21)11-19/h3-5,8-9,16,21H,6-7,10-11H2,1-2H3/t16-/m1/s1. The first-order valence-electron chi connectivity index (χ1n) is 7.60. The molecule has 116 valence electrons. The van der Waals surface area contributed by atoms with Crippen molar-refractivity contribution < 1.29 is 9.90 Å². The Morgan fingerprint density at radius 3 is 2.82 bits per heavy atom. The Morgan fingerprint density at radius 1 is 1.36 bits per heavy atom. The Bertz CT molecular complexity index is 693.